The predicted octanol–water partition coefficient (Wildman–Crippen LogP) is -14.4. The van der Waals surface area contributed by atoms with Crippen LogP contribution in [0.4, 0.5) is 0 Å². The molecule has 6 N–H and O–H groups in total. The largest absolute Gasteiger partial charge is 3.00 e. The Balaban J connectivity index is -0.000000110. The van der Waals surface area contributed by atoms with E-state index in [0.717, 1.165) is 0 Å². The molecule has 6 atom stereocenters. The summed E-state index contributed by atoms with van der Waals surface area (Å²) in [6.45, 7) is 0. The van der Waals surface area contributed by atoms with Crippen molar-refractivity contribution in [1.29, 1.82) is 0 Å². The van der Waals surface area contributed by atoms with Crippen LogP contribution in [0.25, 0.3) is 0 Å². The van der Waals surface area contributed by atoms with Crippen molar-refractivity contribution in [2.45, 2.75) is 36.6 Å². The quantitative estimate of drug-likeness (QED) is 0.129. The van der Waals surface area contributed by atoms with Gasteiger partial charge < -0.3 is 90.0 Å². The van der Waals surface area contributed by atoms with E-state index < -0.39 is 72.4 Å². The maximum Gasteiger partial charge on any atom is 3.00 e. The van der Waals surface area contributed by atoms with Crippen molar-refractivity contribution in [1.82, 2.24) is 0 Å². The molecule has 0 aromatic carbocycles. The van der Waals surface area contributed by atoms with Gasteiger partial charge in [0, 0.05) is 0 Å². The molecule has 0 bridgehead atoms. The van der Waals surface area contributed by atoms with Gasteiger partial charge in [-0.1, -0.05) is 0 Å². The Bertz CT molecular complexity index is 500. The third-order valence-corrected chi connectivity index (χ3v) is 2.35. The molecule has 0 saturated heterocycles. The number of carbonyl (C=O) groups is 6. The summed E-state index contributed by atoms with van der Waals surface area (Å²) in [5.74, 6) is -12.4. The maximum absolute atomic E-state index is 9.63. The van der Waals surface area contributed by atoms with Crippen LogP contribution in [0.5, 0.6) is 0 Å². The molecule has 0 aromatic heterocycles. The first-order valence-corrected chi connectivity index (χ1v) is 6.73. The molecule has 0 aliphatic rings. The SMILES string of the molecule is O=C([O-])C(O)C(O)C(=O)[O-].O=C([O-])C(O)C(O)C(=O)[O-].O=C([O-])C(O)C(O)C(=O)[O-].[Ce+3].[La+3]. The van der Waals surface area contributed by atoms with Crippen LogP contribution in [0.1, 0.15) is 0 Å². The topological polar surface area (TPSA) is 362 Å². The van der Waals surface area contributed by atoms with Crippen molar-refractivity contribution in [2.24, 2.45) is 0 Å². The van der Waals surface area contributed by atoms with E-state index >= 15 is 0 Å². The van der Waals surface area contributed by atoms with Crippen molar-refractivity contribution in [3.8, 4) is 0 Å². The van der Waals surface area contributed by atoms with Gasteiger partial charge in [0.25, 0.3) is 0 Å². The summed E-state index contributed by atoms with van der Waals surface area (Å²) < 4.78 is 0. The van der Waals surface area contributed by atoms with E-state index in [1.54, 1.807) is 0 Å². The van der Waals surface area contributed by atoms with Crippen LogP contribution < -0.4 is 30.6 Å². The Morgan fingerprint density at radius 2 is 0.438 bits per heavy atom. The van der Waals surface area contributed by atoms with Crippen LogP contribution in [-0.4, -0.2) is 103 Å². The van der Waals surface area contributed by atoms with Gasteiger partial charge in [-0.2, -0.15) is 0 Å². The fourth-order valence-electron chi connectivity index (χ4n) is 0.773. The van der Waals surface area contributed by atoms with Crippen LogP contribution in [0, 0.1) is 77.3 Å². The summed E-state index contributed by atoms with van der Waals surface area (Å²) in [4.78, 5) is 57.8. The second-order valence-corrected chi connectivity index (χ2v) is 4.58. The molecular formula is C12H12CeLaO18. The zero-order valence-corrected chi connectivity index (χ0v) is 21.9. The molecule has 0 aliphatic carbocycles. The summed E-state index contributed by atoms with van der Waals surface area (Å²) in [5, 5.41) is 107. The van der Waals surface area contributed by atoms with Crippen LogP contribution in [-0.2, 0) is 28.8 Å². The number of hydrogen-bond donors (Lipinski definition) is 6. The zero-order valence-electron chi connectivity index (χ0n) is 15.1. The van der Waals surface area contributed by atoms with Crippen LogP contribution in [0.2, 0.25) is 0 Å². The Kier molecular flexibility index (Phi) is 26.8. The van der Waals surface area contributed by atoms with Crippen molar-refractivity contribution in [3.63, 3.8) is 0 Å². The standard InChI is InChI=1S/3C4H6O6.Ce.La/c3*5-1(3(7)8)2(6)4(9)10;;/h3*1-2,5-6H,(H,7,8)(H,9,10);;/q;;;2*+3/p-6. The van der Waals surface area contributed by atoms with E-state index in [9.17, 15) is 59.4 Å². The van der Waals surface area contributed by atoms with Crippen molar-refractivity contribution in [3.05, 3.63) is 0 Å². The molecule has 0 saturated carbocycles. The van der Waals surface area contributed by atoms with Crippen LogP contribution in [0.15, 0.2) is 0 Å². The second-order valence-electron chi connectivity index (χ2n) is 4.58. The minimum atomic E-state index is -2.44. The number of aliphatic hydroxyl groups excluding tert-OH is 6. The average Bonchev–Trinajstić information content (AvgIpc) is 2.64. The van der Waals surface area contributed by atoms with E-state index in [-0.39, 0.29) is 77.3 Å². The van der Waals surface area contributed by atoms with Gasteiger partial charge in [0.15, 0.2) is 0 Å². The smallest absolute Gasteiger partial charge is 0.547 e. The normalized spacial score (nSPS) is 14.8. The zero-order chi connectivity index (χ0) is 24.9. The summed E-state index contributed by atoms with van der Waals surface area (Å²) >= 11 is 0. The first-order valence-electron chi connectivity index (χ1n) is 6.73. The van der Waals surface area contributed by atoms with Gasteiger partial charge in [-0.15, -0.1) is 0 Å². The Labute approximate surface area is 237 Å². The van der Waals surface area contributed by atoms with Gasteiger partial charge in [-0.3, -0.25) is 0 Å². The van der Waals surface area contributed by atoms with Crippen molar-refractivity contribution >= 4 is 35.8 Å². The van der Waals surface area contributed by atoms with Gasteiger partial charge in [0.05, 0.1) is 35.8 Å². The molecular weight excluding hydrogens is 711 g/mol. The molecule has 18 nitrogen and oxygen atoms in total. The summed E-state index contributed by atoms with van der Waals surface area (Å²) in [5.41, 5.74) is 0. The minimum absolute atomic E-state index is 0. The number of aliphatic hydroxyl groups is 6. The Morgan fingerprint density at radius 1 is 0.375 bits per heavy atom. The first-order chi connectivity index (χ1) is 13.4. The molecule has 0 heterocycles. The number of carboxylic acids is 6. The summed E-state index contributed by atoms with van der Waals surface area (Å²) in [6.07, 6.45) is -14.6. The Hall–Kier alpha value is -0.849. The van der Waals surface area contributed by atoms with Gasteiger partial charge >= 0.3 is 77.3 Å². The van der Waals surface area contributed by atoms with Crippen LogP contribution >= 0.6 is 0 Å². The van der Waals surface area contributed by atoms with Crippen molar-refractivity contribution < 1.29 is 167 Å². The minimum Gasteiger partial charge on any atom is -0.547 e. The number of carbonyl (C=O) groups excluding carboxylic acids is 6. The number of rotatable bonds is 9. The fourth-order valence-corrected chi connectivity index (χ4v) is 0.773. The summed E-state index contributed by atoms with van der Waals surface area (Å²) in [6, 6.07) is 0. The maximum atomic E-state index is 9.63. The molecule has 0 fully saturated rings. The molecule has 0 spiro atoms. The number of aliphatic carboxylic acids is 6. The first kappa shape index (κ1) is 41.4. The van der Waals surface area contributed by atoms with E-state index in [1.807, 2.05) is 0 Å². The van der Waals surface area contributed by atoms with E-state index in [1.165, 1.54) is 0 Å². The average molecular weight is 723 g/mol. The molecule has 0 rings (SSSR count). The molecule has 6 unspecified atom stereocenters. The van der Waals surface area contributed by atoms with Crippen molar-refractivity contribution in [2.75, 3.05) is 0 Å². The van der Waals surface area contributed by atoms with E-state index in [0.29, 0.717) is 0 Å². The van der Waals surface area contributed by atoms with E-state index in [4.69, 9.17) is 30.6 Å². The number of hydrogen-bond acceptors (Lipinski definition) is 18. The third kappa shape index (κ3) is 18.7. The van der Waals surface area contributed by atoms with Gasteiger partial charge in [-0.05, 0) is 0 Å². The van der Waals surface area contributed by atoms with E-state index in [2.05, 4.69) is 0 Å². The van der Waals surface area contributed by atoms with Gasteiger partial charge in [0.1, 0.15) is 36.6 Å². The summed E-state index contributed by atoms with van der Waals surface area (Å²) in [7, 11) is 0. The predicted molar refractivity (Wildman–Crippen MR) is 66.1 cm³/mol. The second kappa shape index (κ2) is 20.7. The molecule has 0 aromatic rings. The molecule has 1 radical (unpaired) electrons. The van der Waals surface area contributed by atoms with Gasteiger partial charge in [0.2, 0.25) is 0 Å². The molecule has 0 aliphatic heterocycles. The monoisotopic (exact) mass is 723 g/mol. The van der Waals surface area contributed by atoms with Gasteiger partial charge in [-0.25, -0.2) is 0 Å². The Morgan fingerprint density at radius 3 is 0.469 bits per heavy atom. The molecule has 20 heteroatoms. The molecule has 32 heavy (non-hydrogen) atoms. The molecule has 0 amide bonds. The van der Waals surface area contributed by atoms with Crippen LogP contribution in [0.3, 0.4) is 0 Å². The number of carboxylic acid groups (broad SMARTS) is 6. The third-order valence-electron chi connectivity index (χ3n) is 2.35. The molecule has 175 valence electrons. The fraction of sp³-hybridized carbons (Fsp3) is 0.500.